The first-order valence-corrected chi connectivity index (χ1v) is 7.38. The highest BCUT2D eigenvalue weighted by Gasteiger charge is 2.24. The van der Waals surface area contributed by atoms with Crippen molar-refractivity contribution in [3.8, 4) is 0 Å². The number of hydrogen-bond donors (Lipinski definition) is 2. The molecule has 0 spiro atoms. The molecule has 0 bridgehead atoms. The zero-order chi connectivity index (χ0) is 16.4. The van der Waals surface area contributed by atoms with Crippen LogP contribution >= 0.6 is 0 Å². The highest BCUT2D eigenvalue weighted by molar-refractivity contribution is 6.33. The van der Waals surface area contributed by atoms with Gasteiger partial charge in [0.1, 0.15) is 5.71 Å². The van der Waals surface area contributed by atoms with Crippen LogP contribution in [-0.4, -0.2) is 40.6 Å². The third kappa shape index (κ3) is 3.22. The monoisotopic (exact) mass is 309 g/mol. The quantitative estimate of drug-likeness (QED) is 0.844. The molecule has 1 aliphatic heterocycles. The molecule has 0 fully saturated rings. The smallest absolute Gasteiger partial charge is 0.273 e. The molecule has 2 aromatic rings. The van der Waals surface area contributed by atoms with Gasteiger partial charge in [0.15, 0.2) is 0 Å². The molecule has 0 saturated heterocycles. The lowest BCUT2D eigenvalue weighted by molar-refractivity contribution is -0.116. The van der Waals surface area contributed by atoms with Crippen LogP contribution in [0.15, 0.2) is 41.3 Å². The second-order valence-corrected chi connectivity index (χ2v) is 5.81. The standard InChI is InChI=1S/C17H19N5O/c1-11-13(10-22(2)3)7-14(19-11)8-15-16(20-21-17(15)23)12-5-4-6-18-9-12/h4-9,19H,10H2,1-3H3,(H,21,23)/b15-8+. The Balaban J connectivity index is 1.94. The van der Waals surface area contributed by atoms with E-state index in [1.807, 2.05) is 39.2 Å². The van der Waals surface area contributed by atoms with Crippen molar-refractivity contribution >= 4 is 17.7 Å². The predicted octanol–water partition coefficient (Wildman–Crippen LogP) is 1.70. The summed E-state index contributed by atoms with van der Waals surface area (Å²) in [6.45, 7) is 2.88. The van der Waals surface area contributed by atoms with E-state index < -0.39 is 0 Å². The number of aryl methyl sites for hydroxylation is 1. The highest BCUT2D eigenvalue weighted by Crippen LogP contribution is 2.19. The number of aromatic nitrogens is 2. The molecule has 0 atom stereocenters. The molecule has 0 unspecified atom stereocenters. The number of nitrogens with zero attached hydrogens (tertiary/aromatic N) is 3. The number of pyridine rings is 1. The van der Waals surface area contributed by atoms with Crippen LogP contribution in [-0.2, 0) is 11.3 Å². The molecule has 0 saturated carbocycles. The lowest BCUT2D eigenvalue weighted by atomic mass is 10.0. The molecule has 0 aromatic carbocycles. The van der Waals surface area contributed by atoms with Crippen LogP contribution < -0.4 is 5.43 Å². The van der Waals surface area contributed by atoms with Crippen LogP contribution in [0.5, 0.6) is 0 Å². The van der Waals surface area contributed by atoms with Crippen LogP contribution in [0.4, 0.5) is 0 Å². The van der Waals surface area contributed by atoms with E-state index in [9.17, 15) is 4.79 Å². The van der Waals surface area contributed by atoms with Crippen molar-refractivity contribution in [1.29, 1.82) is 0 Å². The zero-order valence-electron chi connectivity index (χ0n) is 13.4. The number of amides is 1. The van der Waals surface area contributed by atoms with Crippen LogP contribution in [0, 0.1) is 6.92 Å². The van der Waals surface area contributed by atoms with Gasteiger partial charge in [0, 0.05) is 35.9 Å². The van der Waals surface area contributed by atoms with E-state index in [4.69, 9.17) is 0 Å². The van der Waals surface area contributed by atoms with Crippen molar-refractivity contribution in [3.63, 3.8) is 0 Å². The molecule has 2 aromatic heterocycles. The largest absolute Gasteiger partial charge is 0.359 e. The van der Waals surface area contributed by atoms with E-state index in [2.05, 4.69) is 31.5 Å². The maximum absolute atomic E-state index is 12.1. The number of rotatable bonds is 4. The Morgan fingerprint density at radius 2 is 2.17 bits per heavy atom. The van der Waals surface area contributed by atoms with Gasteiger partial charge in [0.05, 0.1) is 5.57 Å². The van der Waals surface area contributed by atoms with Crippen LogP contribution in [0.1, 0.15) is 22.5 Å². The number of nitrogens with one attached hydrogen (secondary N) is 2. The fourth-order valence-electron chi connectivity index (χ4n) is 2.56. The number of hydrogen-bond acceptors (Lipinski definition) is 4. The van der Waals surface area contributed by atoms with Gasteiger partial charge in [-0.15, -0.1) is 0 Å². The van der Waals surface area contributed by atoms with Gasteiger partial charge in [0.2, 0.25) is 0 Å². The SMILES string of the molecule is Cc1[nH]c(/C=C2/C(=O)NN=C2c2cccnc2)cc1CN(C)C. The Labute approximate surface area is 134 Å². The normalized spacial score (nSPS) is 16.1. The summed E-state index contributed by atoms with van der Waals surface area (Å²) in [6, 6.07) is 5.78. The summed E-state index contributed by atoms with van der Waals surface area (Å²) in [4.78, 5) is 21.6. The van der Waals surface area contributed by atoms with Gasteiger partial charge < -0.3 is 9.88 Å². The second-order valence-electron chi connectivity index (χ2n) is 5.81. The lowest BCUT2D eigenvalue weighted by Gasteiger charge is -2.07. The summed E-state index contributed by atoms with van der Waals surface area (Å²) >= 11 is 0. The van der Waals surface area contributed by atoms with E-state index in [1.54, 1.807) is 12.4 Å². The van der Waals surface area contributed by atoms with Crippen molar-refractivity contribution in [3.05, 3.63) is 58.7 Å². The Morgan fingerprint density at radius 3 is 2.87 bits per heavy atom. The molecular weight excluding hydrogens is 290 g/mol. The van der Waals surface area contributed by atoms with Gasteiger partial charge in [0.25, 0.3) is 5.91 Å². The van der Waals surface area contributed by atoms with Crippen molar-refractivity contribution in [1.82, 2.24) is 20.3 Å². The summed E-state index contributed by atoms with van der Waals surface area (Å²) in [7, 11) is 4.06. The fourth-order valence-corrected chi connectivity index (χ4v) is 2.56. The summed E-state index contributed by atoms with van der Waals surface area (Å²) in [5, 5.41) is 4.13. The molecule has 6 nitrogen and oxygen atoms in total. The topological polar surface area (TPSA) is 73.4 Å². The summed E-state index contributed by atoms with van der Waals surface area (Å²) < 4.78 is 0. The third-order valence-corrected chi connectivity index (χ3v) is 3.63. The van der Waals surface area contributed by atoms with Crippen LogP contribution in [0.2, 0.25) is 0 Å². The van der Waals surface area contributed by atoms with Gasteiger partial charge in [-0.25, -0.2) is 5.43 Å². The first kappa shape index (κ1) is 15.2. The van der Waals surface area contributed by atoms with E-state index >= 15 is 0 Å². The number of aromatic amines is 1. The highest BCUT2D eigenvalue weighted by atomic mass is 16.2. The van der Waals surface area contributed by atoms with Gasteiger partial charge in [-0.3, -0.25) is 9.78 Å². The average Bonchev–Trinajstić information content (AvgIpc) is 3.04. The van der Waals surface area contributed by atoms with Crippen LogP contribution in [0.3, 0.4) is 0 Å². The molecule has 118 valence electrons. The van der Waals surface area contributed by atoms with Crippen molar-refractivity contribution in [2.75, 3.05) is 14.1 Å². The maximum Gasteiger partial charge on any atom is 0.273 e. The minimum absolute atomic E-state index is 0.203. The fraction of sp³-hybridized carbons (Fsp3) is 0.235. The lowest BCUT2D eigenvalue weighted by Crippen LogP contribution is -2.13. The summed E-state index contributed by atoms with van der Waals surface area (Å²) in [5.41, 5.74) is 7.69. The van der Waals surface area contributed by atoms with Gasteiger partial charge in [-0.2, -0.15) is 5.10 Å². The number of carbonyl (C=O) groups excluding carboxylic acids is 1. The molecule has 3 rings (SSSR count). The minimum atomic E-state index is -0.203. The molecule has 1 amide bonds. The van der Waals surface area contributed by atoms with Crippen LogP contribution in [0.25, 0.3) is 6.08 Å². The first-order valence-electron chi connectivity index (χ1n) is 7.38. The third-order valence-electron chi connectivity index (χ3n) is 3.63. The van der Waals surface area contributed by atoms with E-state index in [1.165, 1.54) is 5.56 Å². The Kier molecular flexibility index (Phi) is 4.08. The average molecular weight is 309 g/mol. The number of hydrazone groups is 1. The van der Waals surface area contributed by atoms with Crippen molar-refractivity contribution in [2.45, 2.75) is 13.5 Å². The predicted molar refractivity (Wildman–Crippen MR) is 89.8 cm³/mol. The summed E-state index contributed by atoms with van der Waals surface area (Å²) in [5.74, 6) is -0.203. The van der Waals surface area contributed by atoms with Gasteiger partial charge in [-0.05, 0) is 50.9 Å². The molecule has 6 heteroatoms. The Bertz CT molecular complexity index is 787. The molecular formula is C17H19N5O. The summed E-state index contributed by atoms with van der Waals surface area (Å²) in [6.07, 6.45) is 5.23. The molecule has 2 N–H and O–H groups in total. The van der Waals surface area contributed by atoms with Crippen molar-refractivity contribution < 1.29 is 4.79 Å². The minimum Gasteiger partial charge on any atom is -0.359 e. The molecule has 23 heavy (non-hydrogen) atoms. The van der Waals surface area contributed by atoms with E-state index in [0.717, 1.165) is 23.5 Å². The second kappa shape index (κ2) is 6.18. The Hall–Kier alpha value is -2.73. The molecule has 0 aliphatic carbocycles. The van der Waals surface area contributed by atoms with E-state index in [0.29, 0.717) is 11.3 Å². The number of carbonyl (C=O) groups is 1. The first-order chi connectivity index (χ1) is 11.0. The molecule has 0 radical (unpaired) electrons. The zero-order valence-corrected chi connectivity index (χ0v) is 13.4. The van der Waals surface area contributed by atoms with Gasteiger partial charge in [-0.1, -0.05) is 0 Å². The molecule has 3 heterocycles. The molecule has 1 aliphatic rings. The van der Waals surface area contributed by atoms with E-state index in [-0.39, 0.29) is 5.91 Å². The maximum atomic E-state index is 12.1. The van der Waals surface area contributed by atoms with Crippen molar-refractivity contribution in [2.24, 2.45) is 5.10 Å². The van der Waals surface area contributed by atoms with Gasteiger partial charge >= 0.3 is 0 Å². The Morgan fingerprint density at radius 1 is 1.35 bits per heavy atom. The number of H-pyrrole nitrogens is 1.